The van der Waals surface area contributed by atoms with Gasteiger partial charge in [-0.05, 0) is 42.8 Å². The van der Waals surface area contributed by atoms with Gasteiger partial charge in [0.15, 0.2) is 0 Å². The van der Waals surface area contributed by atoms with Gasteiger partial charge >= 0.3 is 0 Å². The first-order valence-electron chi connectivity index (χ1n) is 10.6. The van der Waals surface area contributed by atoms with E-state index in [-0.39, 0.29) is 18.0 Å². The number of furan rings is 1. The molecule has 1 aromatic carbocycles. The van der Waals surface area contributed by atoms with Gasteiger partial charge in [-0.2, -0.15) is 0 Å². The normalized spacial score (nSPS) is 15.0. The number of carbonyl (C=O) groups is 1. The molecule has 1 amide bonds. The molecule has 1 fully saturated rings. The summed E-state index contributed by atoms with van der Waals surface area (Å²) in [6, 6.07) is 17.0. The molecule has 34 heavy (non-hydrogen) atoms. The van der Waals surface area contributed by atoms with Crippen LogP contribution >= 0.6 is 24.0 Å². The van der Waals surface area contributed by atoms with Crippen LogP contribution in [0.2, 0.25) is 0 Å². The minimum atomic E-state index is -0.270. The van der Waals surface area contributed by atoms with Crippen LogP contribution in [-0.2, 0) is 17.9 Å². The fourth-order valence-corrected chi connectivity index (χ4v) is 4.82. The molecule has 1 aliphatic heterocycles. The average molecular weight is 489 g/mol. The van der Waals surface area contributed by atoms with Gasteiger partial charge in [0, 0.05) is 12.7 Å². The molecule has 170 valence electrons. The number of hydrogen-bond acceptors (Lipinski definition) is 7. The summed E-state index contributed by atoms with van der Waals surface area (Å²) in [5.41, 5.74) is 2.77. The van der Waals surface area contributed by atoms with E-state index in [0.717, 1.165) is 17.3 Å². The zero-order valence-electron chi connectivity index (χ0n) is 18.2. The van der Waals surface area contributed by atoms with Crippen molar-refractivity contribution >= 4 is 51.7 Å². The van der Waals surface area contributed by atoms with E-state index < -0.39 is 0 Å². The number of nitrogens with zero attached hydrogens (tertiary/aromatic N) is 3. The molecule has 0 unspecified atom stereocenters. The second-order valence-electron chi connectivity index (χ2n) is 7.79. The van der Waals surface area contributed by atoms with E-state index in [1.807, 2.05) is 37.3 Å². The molecule has 0 radical (unpaired) electrons. The second-order valence-corrected chi connectivity index (χ2v) is 9.47. The minimum Gasteiger partial charge on any atom is -0.467 e. The number of pyridine rings is 1. The van der Waals surface area contributed by atoms with Crippen LogP contribution in [0.4, 0.5) is 5.82 Å². The zero-order chi connectivity index (χ0) is 23.7. The molecule has 1 N–H and O–H groups in total. The molecule has 9 heteroatoms. The Labute approximate surface area is 205 Å². The molecule has 4 heterocycles. The predicted molar refractivity (Wildman–Crippen MR) is 137 cm³/mol. The molecule has 0 aliphatic carbocycles. The fraction of sp³-hybridized carbons (Fsp3) is 0.120. The first-order chi connectivity index (χ1) is 16.5. The van der Waals surface area contributed by atoms with E-state index in [1.165, 1.54) is 14.9 Å². The highest BCUT2D eigenvalue weighted by atomic mass is 32.2. The maximum Gasteiger partial charge on any atom is 0.267 e. The number of amides is 1. The molecule has 0 saturated carbocycles. The van der Waals surface area contributed by atoms with Gasteiger partial charge in [-0.3, -0.25) is 18.9 Å². The Morgan fingerprint density at radius 2 is 1.94 bits per heavy atom. The molecular weight excluding hydrogens is 468 g/mol. The lowest BCUT2D eigenvalue weighted by atomic mass is 10.1. The van der Waals surface area contributed by atoms with Gasteiger partial charge in [-0.25, -0.2) is 4.98 Å². The lowest BCUT2D eigenvalue weighted by Gasteiger charge is -2.12. The van der Waals surface area contributed by atoms with Crippen LogP contribution in [0.15, 0.2) is 81.2 Å². The first kappa shape index (κ1) is 22.1. The highest BCUT2D eigenvalue weighted by Gasteiger charge is 2.33. The molecule has 1 saturated heterocycles. The lowest BCUT2D eigenvalue weighted by molar-refractivity contribution is -0.122. The van der Waals surface area contributed by atoms with Gasteiger partial charge in [-0.1, -0.05) is 59.9 Å². The number of carbonyl (C=O) groups excluding carboxylic acids is 1. The van der Waals surface area contributed by atoms with Crippen molar-refractivity contribution in [3.63, 3.8) is 0 Å². The maximum atomic E-state index is 13.4. The molecule has 5 rings (SSSR count). The summed E-state index contributed by atoms with van der Waals surface area (Å²) < 4.78 is 7.24. The molecule has 0 atom stereocenters. The largest absolute Gasteiger partial charge is 0.467 e. The van der Waals surface area contributed by atoms with E-state index in [0.29, 0.717) is 38.6 Å². The Balaban J connectivity index is 1.51. The molecule has 4 aromatic rings. The smallest absolute Gasteiger partial charge is 0.267 e. The van der Waals surface area contributed by atoms with Gasteiger partial charge in [0.1, 0.15) is 21.5 Å². The Morgan fingerprint density at radius 1 is 1.12 bits per heavy atom. The van der Waals surface area contributed by atoms with Crippen LogP contribution in [0.25, 0.3) is 11.7 Å². The van der Waals surface area contributed by atoms with Gasteiger partial charge in [0.25, 0.3) is 11.5 Å². The number of thioether (sulfide) groups is 1. The molecule has 1 aliphatic rings. The average Bonchev–Trinajstić information content (AvgIpc) is 3.45. The first-order valence-corrected chi connectivity index (χ1v) is 11.8. The number of thiocarbonyl (C=S) groups is 1. The van der Waals surface area contributed by atoms with E-state index in [4.69, 9.17) is 16.6 Å². The third-order valence-electron chi connectivity index (χ3n) is 5.39. The van der Waals surface area contributed by atoms with Crippen molar-refractivity contribution < 1.29 is 9.21 Å². The van der Waals surface area contributed by atoms with Gasteiger partial charge in [-0.15, -0.1) is 0 Å². The fourth-order valence-electron chi connectivity index (χ4n) is 3.59. The monoisotopic (exact) mass is 488 g/mol. The summed E-state index contributed by atoms with van der Waals surface area (Å²) in [5, 5.41) is 3.28. The van der Waals surface area contributed by atoms with E-state index in [1.54, 1.807) is 42.8 Å². The summed E-state index contributed by atoms with van der Waals surface area (Å²) in [4.78, 5) is 33.0. The Kier molecular flexibility index (Phi) is 6.04. The summed E-state index contributed by atoms with van der Waals surface area (Å²) in [7, 11) is 0. The number of anilines is 1. The van der Waals surface area contributed by atoms with Crippen LogP contribution in [-0.4, -0.2) is 24.5 Å². The topological polar surface area (TPSA) is 79.9 Å². The Hall–Kier alpha value is -3.69. The number of rotatable bonds is 6. The number of fused-ring (bicyclic) bond motifs is 1. The SMILES string of the molecule is Cc1ccc(CNc2nc3ccccn3c(=O)c2C=C2SC(=S)N(Cc3ccco3)C2=O)cc1. The van der Waals surface area contributed by atoms with E-state index in [2.05, 4.69) is 10.3 Å². The van der Waals surface area contributed by atoms with Crippen molar-refractivity contribution in [3.8, 4) is 0 Å². The number of nitrogens with one attached hydrogen (secondary N) is 1. The Bertz CT molecular complexity index is 1470. The standard InChI is InChI=1S/C25H20N4O3S2/c1-16-7-9-17(10-8-16)14-26-22-19(23(30)28-11-3-2-6-21(28)27-22)13-20-24(31)29(25(33)34-20)15-18-5-4-12-32-18/h2-13,26H,14-15H2,1H3. The van der Waals surface area contributed by atoms with Crippen LogP contribution in [0, 0.1) is 6.92 Å². The van der Waals surface area contributed by atoms with Crippen molar-refractivity contribution in [1.82, 2.24) is 14.3 Å². The van der Waals surface area contributed by atoms with Crippen molar-refractivity contribution in [2.75, 3.05) is 5.32 Å². The zero-order valence-corrected chi connectivity index (χ0v) is 19.9. The molecule has 0 bridgehead atoms. The van der Waals surface area contributed by atoms with Gasteiger partial charge < -0.3 is 9.73 Å². The highest BCUT2D eigenvalue weighted by molar-refractivity contribution is 8.26. The van der Waals surface area contributed by atoms with Crippen molar-refractivity contribution in [2.24, 2.45) is 0 Å². The van der Waals surface area contributed by atoms with E-state index in [9.17, 15) is 9.59 Å². The molecular formula is C25H20N4O3S2. The quantitative estimate of drug-likeness (QED) is 0.314. The lowest BCUT2D eigenvalue weighted by Crippen LogP contribution is -2.27. The highest BCUT2D eigenvalue weighted by Crippen LogP contribution is 2.34. The van der Waals surface area contributed by atoms with Crippen LogP contribution in [0.1, 0.15) is 22.5 Å². The number of aromatic nitrogens is 2. The number of aryl methyl sites for hydroxylation is 1. The van der Waals surface area contributed by atoms with Crippen molar-refractivity contribution in [1.29, 1.82) is 0 Å². The molecule has 7 nitrogen and oxygen atoms in total. The Morgan fingerprint density at radius 3 is 2.71 bits per heavy atom. The summed E-state index contributed by atoms with van der Waals surface area (Å²) >= 11 is 6.58. The molecule has 0 spiro atoms. The summed E-state index contributed by atoms with van der Waals surface area (Å²) in [6.07, 6.45) is 4.79. The summed E-state index contributed by atoms with van der Waals surface area (Å²) in [5.74, 6) is 0.770. The van der Waals surface area contributed by atoms with Gasteiger partial charge in [0.05, 0.1) is 23.3 Å². The summed E-state index contributed by atoms with van der Waals surface area (Å²) in [6.45, 7) is 2.75. The third kappa shape index (κ3) is 4.40. The van der Waals surface area contributed by atoms with Crippen LogP contribution < -0.4 is 10.9 Å². The molecule has 3 aromatic heterocycles. The van der Waals surface area contributed by atoms with Crippen molar-refractivity contribution in [3.05, 3.63) is 105 Å². The maximum absolute atomic E-state index is 13.4. The number of benzene rings is 1. The van der Waals surface area contributed by atoms with E-state index >= 15 is 0 Å². The minimum absolute atomic E-state index is 0.239. The van der Waals surface area contributed by atoms with Gasteiger partial charge in [0.2, 0.25) is 0 Å². The predicted octanol–water partition coefficient (Wildman–Crippen LogP) is 4.61. The van der Waals surface area contributed by atoms with Crippen LogP contribution in [0.5, 0.6) is 0 Å². The third-order valence-corrected chi connectivity index (χ3v) is 6.77. The van der Waals surface area contributed by atoms with Crippen LogP contribution in [0.3, 0.4) is 0 Å². The number of hydrogen-bond donors (Lipinski definition) is 1. The van der Waals surface area contributed by atoms with Crippen molar-refractivity contribution in [2.45, 2.75) is 20.0 Å². The second kappa shape index (κ2) is 9.28.